The minimum absolute atomic E-state index is 0.0529. The second kappa shape index (κ2) is 6.49. The summed E-state index contributed by atoms with van der Waals surface area (Å²) in [5.74, 6) is 0.975. The van der Waals surface area contributed by atoms with Crippen molar-refractivity contribution in [2.24, 2.45) is 0 Å². The van der Waals surface area contributed by atoms with Gasteiger partial charge in [-0.15, -0.1) is 0 Å². The highest BCUT2D eigenvalue weighted by Gasteiger charge is 2.29. The smallest absolute Gasteiger partial charge is 0.272 e. The number of benzene rings is 1. The topological polar surface area (TPSA) is 89.4 Å². The summed E-state index contributed by atoms with van der Waals surface area (Å²) in [6, 6.07) is 7.61. The molecule has 3 aromatic rings. The van der Waals surface area contributed by atoms with E-state index in [0.717, 1.165) is 22.2 Å². The van der Waals surface area contributed by atoms with Crippen LogP contribution in [0.5, 0.6) is 5.75 Å². The first-order valence-electron chi connectivity index (χ1n) is 8.63. The van der Waals surface area contributed by atoms with E-state index >= 15 is 0 Å². The third-order valence-electron chi connectivity index (χ3n) is 4.68. The number of H-pyrrole nitrogens is 1. The number of furan rings is 1. The average Bonchev–Trinajstić information content (AvgIpc) is 3.20. The fraction of sp³-hybridized carbons (Fsp3) is 0.368. The van der Waals surface area contributed by atoms with Crippen molar-refractivity contribution in [3.63, 3.8) is 0 Å². The molecule has 0 aliphatic carbocycles. The highest BCUT2D eigenvalue weighted by Crippen LogP contribution is 2.33. The first-order valence-corrected chi connectivity index (χ1v) is 8.63. The molecule has 1 aliphatic rings. The molecular formula is C19H21N3O4. The van der Waals surface area contributed by atoms with Gasteiger partial charge in [0.1, 0.15) is 5.58 Å². The van der Waals surface area contributed by atoms with Gasteiger partial charge in [0.05, 0.1) is 36.9 Å². The van der Waals surface area contributed by atoms with E-state index in [9.17, 15) is 4.79 Å². The molecule has 0 saturated carbocycles. The number of aromatic nitrogens is 2. The van der Waals surface area contributed by atoms with Gasteiger partial charge in [-0.05, 0) is 26.0 Å². The van der Waals surface area contributed by atoms with E-state index < -0.39 is 0 Å². The number of amides is 1. The molecule has 0 unspecified atom stereocenters. The number of aromatic amines is 1. The lowest BCUT2D eigenvalue weighted by molar-refractivity contribution is -0.00697. The summed E-state index contributed by atoms with van der Waals surface area (Å²) in [5.41, 5.74) is 2.93. The molecule has 3 heterocycles. The molecule has 136 valence electrons. The monoisotopic (exact) mass is 355 g/mol. The Morgan fingerprint density at radius 2 is 2.19 bits per heavy atom. The molecule has 2 aromatic heterocycles. The summed E-state index contributed by atoms with van der Waals surface area (Å²) < 4.78 is 17.0. The van der Waals surface area contributed by atoms with Crippen LogP contribution < -0.4 is 10.1 Å². The maximum absolute atomic E-state index is 12.7. The summed E-state index contributed by atoms with van der Waals surface area (Å²) >= 11 is 0. The number of methoxy groups -OCH3 is 1. The molecule has 1 amide bonds. The highest BCUT2D eigenvalue weighted by molar-refractivity contribution is 5.94. The summed E-state index contributed by atoms with van der Waals surface area (Å²) in [6.45, 7) is 4.17. The van der Waals surface area contributed by atoms with E-state index in [1.165, 1.54) is 0 Å². The van der Waals surface area contributed by atoms with Crippen LogP contribution in [0.15, 0.2) is 28.7 Å². The van der Waals surface area contributed by atoms with E-state index in [1.807, 2.05) is 38.1 Å². The average molecular weight is 355 g/mol. The number of nitrogens with one attached hydrogen (secondary N) is 2. The highest BCUT2D eigenvalue weighted by atomic mass is 16.5. The molecule has 0 spiro atoms. The lowest BCUT2D eigenvalue weighted by Crippen LogP contribution is -2.27. The molecule has 0 radical (unpaired) electrons. The lowest BCUT2D eigenvalue weighted by Gasteiger charge is -2.25. The standard InChI is InChI=1S/C19H21N3O4/c1-10-8-13-16(11(2)25-10)21-22-17(13)19(23)20-9-15-18(24-3)12-6-4-5-7-14(12)26-15/h4-7,10-11H,8-9H2,1-3H3,(H,20,23)(H,21,22)/t10-,11+/m0/s1. The predicted molar refractivity (Wildman–Crippen MR) is 95.2 cm³/mol. The molecule has 2 atom stereocenters. The first kappa shape index (κ1) is 16.7. The Labute approximate surface area is 150 Å². The molecule has 1 aromatic carbocycles. The van der Waals surface area contributed by atoms with Crippen molar-refractivity contribution in [1.29, 1.82) is 0 Å². The number of carbonyl (C=O) groups is 1. The second-order valence-corrected chi connectivity index (χ2v) is 6.49. The number of hydrogen-bond acceptors (Lipinski definition) is 5. The lowest BCUT2D eigenvalue weighted by atomic mass is 9.99. The van der Waals surface area contributed by atoms with E-state index in [2.05, 4.69) is 15.5 Å². The predicted octanol–water partition coefficient (Wildman–Crippen LogP) is 3.12. The molecule has 0 bridgehead atoms. The molecule has 7 heteroatoms. The van der Waals surface area contributed by atoms with Gasteiger partial charge in [0.15, 0.2) is 17.2 Å². The van der Waals surface area contributed by atoms with Gasteiger partial charge in [-0.1, -0.05) is 12.1 Å². The largest absolute Gasteiger partial charge is 0.492 e. The van der Waals surface area contributed by atoms with Crippen LogP contribution in [0.4, 0.5) is 0 Å². The Hall–Kier alpha value is -2.80. The van der Waals surface area contributed by atoms with Gasteiger partial charge < -0.3 is 19.2 Å². The molecule has 26 heavy (non-hydrogen) atoms. The molecule has 2 N–H and O–H groups in total. The zero-order chi connectivity index (χ0) is 18.3. The minimum Gasteiger partial charge on any atom is -0.492 e. The van der Waals surface area contributed by atoms with Crippen LogP contribution in [0.2, 0.25) is 0 Å². The van der Waals surface area contributed by atoms with E-state index in [-0.39, 0.29) is 24.7 Å². The maximum Gasteiger partial charge on any atom is 0.272 e. The number of para-hydroxylation sites is 1. The maximum atomic E-state index is 12.7. The van der Waals surface area contributed by atoms with Gasteiger partial charge in [0, 0.05) is 12.0 Å². The van der Waals surface area contributed by atoms with Crippen molar-refractivity contribution in [2.75, 3.05) is 7.11 Å². The van der Waals surface area contributed by atoms with Crippen LogP contribution in [0.25, 0.3) is 11.0 Å². The third kappa shape index (κ3) is 2.74. The zero-order valence-corrected chi connectivity index (χ0v) is 15.0. The van der Waals surface area contributed by atoms with Crippen molar-refractivity contribution in [2.45, 2.75) is 39.0 Å². The fourth-order valence-electron chi connectivity index (χ4n) is 3.52. The molecule has 1 aliphatic heterocycles. The van der Waals surface area contributed by atoms with Gasteiger partial charge in [0.25, 0.3) is 5.91 Å². The Kier molecular flexibility index (Phi) is 4.16. The summed E-state index contributed by atoms with van der Waals surface area (Å²) in [5, 5.41) is 10.9. The normalized spacial score (nSPS) is 19.3. The van der Waals surface area contributed by atoms with E-state index in [1.54, 1.807) is 7.11 Å². The molecule has 4 rings (SSSR count). The minimum atomic E-state index is -0.244. The zero-order valence-electron chi connectivity index (χ0n) is 15.0. The number of hydrogen-bond donors (Lipinski definition) is 2. The Bertz CT molecular complexity index is 959. The summed E-state index contributed by atoms with van der Waals surface area (Å²) in [4.78, 5) is 12.7. The number of fused-ring (bicyclic) bond motifs is 2. The van der Waals surface area contributed by atoms with Crippen LogP contribution >= 0.6 is 0 Å². The van der Waals surface area contributed by atoms with Gasteiger partial charge in [-0.25, -0.2) is 0 Å². The summed E-state index contributed by atoms with van der Waals surface area (Å²) in [6.07, 6.45) is 0.614. The number of rotatable bonds is 4. The van der Waals surface area contributed by atoms with Crippen LogP contribution in [0.1, 0.15) is 47.5 Å². The van der Waals surface area contributed by atoms with Crippen molar-refractivity contribution in [3.05, 3.63) is 47.0 Å². The number of nitrogens with zero attached hydrogens (tertiary/aromatic N) is 1. The van der Waals surface area contributed by atoms with Crippen molar-refractivity contribution in [1.82, 2.24) is 15.5 Å². The van der Waals surface area contributed by atoms with Gasteiger partial charge in [0.2, 0.25) is 0 Å². The number of ether oxygens (including phenoxy) is 2. The van der Waals surface area contributed by atoms with Crippen LogP contribution in [-0.4, -0.2) is 29.3 Å². The molecular weight excluding hydrogens is 334 g/mol. The van der Waals surface area contributed by atoms with E-state index in [0.29, 0.717) is 23.6 Å². The second-order valence-electron chi connectivity index (χ2n) is 6.49. The Morgan fingerprint density at radius 1 is 1.38 bits per heavy atom. The molecule has 0 saturated heterocycles. The van der Waals surface area contributed by atoms with Crippen LogP contribution in [0.3, 0.4) is 0 Å². The van der Waals surface area contributed by atoms with Gasteiger partial charge in [-0.3, -0.25) is 9.89 Å². The summed E-state index contributed by atoms with van der Waals surface area (Å²) in [7, 11) is 1.59. The Balaban J connectivity index is 1.55. The van der Waals surface area contributed by atoms with Crippen LogP contribution in [-0.2, 0) is 17.7 Å². The Morgan fingerprint density at radius 3 is 3.00 bits per heavy atom. The fourth-order valence-corrected chi connectivity index (χ4v) is 3.52. The molecule has 0 fully saturated rings. The quantitative estimate of drug-likeness (QED) is 0.750. The van der Waals surface area contributed by atoms with Crippen molar-refractivity contribution < 1.29 is 18.7 Å². The van der Waals surface area contributed by atoms with Gasteiger partial charge in [-0.2, -0.15) is 5.10 Å². The third-order valence-corrected chi connectivity index (χ3v) is 4.68. The van der Waals surface area contributed by atoms with Crippen LogP contribution in [0, 0.1) is 0 Å². The SMILES string of the molecule is COc1c(CNC(=O)c2n[nH]c3c2C[C@H](C)O[C@@H]3C)oc2ccccc12. The molecule has 7 nitrogen and oxygen atoms in total. The first-order chi connectivity index (χ1) is 12.6. The van der Waals surface area contributed by atoms with Crippen molar-refractivity contribution >= 4 is 16.9 Å². The van der Waals surface area contributed by atoms with E-state index in [4.69, 9.17) is 13.9 Å². The number of carbonyl (C=O) groups excluding carboxylic acids is 1. The van der Waals surface area contributed by atoms with Gasteiger partial charge >= 0.3 is 0 Å². The van der Waals surface area contributed by atoms with Crippen molar-refractivity contribution in [3.8, 4) is 5.75 Å².